The van der Waals surface area contributed by atoms with E-state index in [2.05, 4.69) is 64.5 Å². The lowest BCUT2D eigenvalue weighted by molar-refractivity contribution is 0.399. The molecule has 2 aromatic rings. The van der Waals surface area contributed by atoms with Crippen LogP contribution >= 0.6 is 15.9 Å². The number of nitrogens with one attached hydrogen (secondary N) is 1. The minimum absolute atomic E-state index is 0.738. The fourth-order valence-corrected chi connectivity index (χ4v) is 2.33. The predicted molar refractivity (Wildman–Crippen MR) is 80.8 cm³/mol. The van der Waals surface area contributed by atoms with Gasteiger partial charge in [-0.05, 0) is 53.3 Å². The third-order valence-corrected chi connectivity index (χ3v) is 3.27. The van der Waals surface area contributed by atoms with Gasteiger partial charge in [-0.15, -0.1) is 0 Å². The fraction of sp³-hybridized carbons (Fsp3) is 0.333. The third-order valence-electron chi connectivity index (χ3n) is 2.85. The Labute approximate surface area is 122 Å². The zero-order valence-corrected chi connectivity index (χ0v) is 12.9. The summed E-state index contributed by atoms with van der Waals surface area (Å²) in [6, 6.07) is 12.4. The minimum Gasteiger partial charge on any atom is -0.453 e. The Bertz CT molecular complexity index is 522. The molecule has 102 valence electrons. The highest BCUT2D eigenvalue weighted by Crippen LogP contribution is 2.14. The summed E-state index contributed by atoms with van der Waals surface area (Å²) in [7, 11) is 4.18. The number of rotatable bonds is 6. The molecule has 0 atom stereocenters. The van der Waals surface area contributed by atoms with E-state index in [-0.39, 0.29) is 0 Å². The van der Waals surface area contributed by atoms with Crippen molar-refractivity contribution >= 4 is 15.9 Å². The van der Waals surface area contributed by atoms with Gasteiger partial charge in [-0.3, -0.25) is 0 Å². The third kappa shape index (κ3) is 4.49. The van der Waals surface area contributed by atoms with Crippen molar-refractivity contribution in [1.29, 1.82) is 0 Å². The minimum atomic E-state index is 0.738. The maximum Gasteiger partial charge on any atom is 0.169 e. The molecular weight excluding hydrogens is 304 g/mol. The Morgan fingerprint density at radius 1 is 1.05 bits per heavy atom. The molecule has 0 bridgehead atoms. The van der Waals surface area contributed by atoms with Gasteiger partial charge in [0.2, 0.25) is 0 Å². The molecule has 0 amide bonds. The molecule has 1 aromatic carbocycles. The summed E-state index contributed by atoms with van der Waals surface area (Å²) in [4.78, 5) is 2.18. The van der Waals surface area contributed by atoms with E-state index >= 15 is 0 Å². The molecule has 0 fully saturated rings. The van der Waals surface area contributed by atoms with Gasteiger partial charge >= 0.3 is 0 Å². The van der Waals surface area contributed by atoms with E-state index in [0.717, 1.165) is 30.1 Å². The van der Waals surface area contributed by atoms with Crippen LogP contribution in [0.1, 0.15) is 16.9 Å². The predicted octanol–water partition coefficient (Wildman–Crippen LogP) is 3.39. The van der Waals surface area contributed by atoms with E-state index in [1.54, 1.807) is 0 Å². The van der Waals surface area contributed by atoms with Crippen LogP contribution in [0.2, 0.25) is 0 Å². The van der Waals surface area contributed by atoms with Crippen molar-refractivity contribution < 1.29 is 4.42 Å². The van der Waals surface area contributed by atoms with Gasteiger partial charge in [0.1, 0.15) is 5.76 Å². The van der Waals surface area contributed by atoms with Gasteiger partial charge in [0.25, 0.3) is 0 Å². The topological polar surface area (TPSA) is 28.4 Å². The molecular formula is C15H19BrN2O. The fourth-order valence-electron chi connectivity index (χ4n) is 1.99. The number of hydrogen-bond donors (Lipinski definition) is 1. The first kappa shape index (κ1) is 14.3. The molecule has 2 rings (SSSR count). The van der Waals surface area contributed by atoms with E-state index in [9.17, 15) is 0 Å². The number of hydrogen-bond acceptors (Lipinski definition) is 3. The number of nitrogens with zero attached hydrogens (tertiary/aromatic N) is 1. The molecule has 1 N–H and O–H groups in total. The average molecular weight is 323 g/mol. The summed E-state index contributed by atoms with van der Waals surface area (Å²) in [6.07, 6.45) is 0. The normalized spacial score (nSPS) is 11.2. The van der Waals surface area contributed by atoms with Crippen molar-refractivity contribution in [3.63, 3.8) is 0 Å². The van der Waals surface area contributed by atoms with Crippen molar-refractivity contribution in [2.45, 2.75) is 19.6 Å². The quantitative estimate of drug-likeness (QED) is 0.883. The Hall–Kier alpha value is -1.10. The van der Waals surface area contributed by atoms with Crippen LogP contribution in [0.4, 0.5) is 0 Å². The highest BCUT2D eigenvalue weighted by Gasteiger charge is 2.04. The smallest absolute Gasteiger partial charge is 0.169 e. The van der Waals surface area contributed by atoms with Crippen molar-refractivity contribution in [3.8, 4) is 0 Å². The van der Waals surface area contributed by atoms with Gasteiger partial charge < -0.3 is 14.6 Å². The second-order valence-electron chi connectivity index (χ2n) is 4.82. The largest absolute Gasteiger partial charge is 0.453 e. The van der Waals surface area contributed by atoms with Crippen molar-refractivity contribution in [1.82, 2.24) is 10.2 Å². The van der Waals surface area contributed by atoms with Crippen molar-refractivity contribution in [2.24, 2.45) is 0 Å². The molecule has 0 spiro atoms. The van der Waals surface area contributed by atoms with Gasteiger partial charge in [0.15, 0.2) is 4.67 Å². The molecule has 4 heteroatoms. The zero-order chi connectivity index (χ0) is 13.7. The standard InChI is InChI=1S/C15H19BrN2O/c1-18(2)11-13-6-4-3-5-12(13)9-17-10-14-7-8-15(16)19-14/h3-8,17H,9-11H2,1-2H3. The first-order valence-electron chi connectivity index (χ1n) is 6.31. The second kappa shape index (κ2) is 6.89. The Morgan fingerprint density at radius 3 is 2.42 bits per heavy atom. The Kier molecular flexibility index (Phi) is 5.19. The van der Waals surface area contributed by atoms with Gasteiger partial charge in [-0.2, -0.15) is 0 Å². The Balaban J connectivity index is 1.92. The number of halogens is 1. The van der Waals surface area contributed by atoms with Crippen LogP contribution < -0.4 is 5.32 Å². The van der Waals surface area contributed by atoms with Gasteiger partial charge in [0.05, 0.1) is 6.54 Å². The molecule has 0 saturated heterocycles. The molecule has 0 aliphatic rings. The molecule has 3 nitrogen and oxygen atoms in total. The van der Waals surface area contributed by atoms with Crippen LogP contribution in [-0.4, -0.2) is 19.0 Å². The molecule has 1 heterocycles. The van der Waals surface area contributed by atoms with Crippen LogP contribution in [0.25, 0.3) is 0 Å². The summed E-state index contributed by atoms with van der Waals surface area (Å²) < 4.78 is 6.24. The first-order valence-corrected chi connectivity index (χ1v) is 7.11. The first-order chi connectivity index (χ1) is 9.15. The maximum atomic E-state index is 5.46. The van der Waals surface area contributed by atoms with Gasteiger partial charge in [-0.1, -0.05) is 24.3 Å². The summed E-state index contributed by atoms with van der Waals surface area (Å²) >= 11 is 3.31. The average Bonchev–Trinajstić information content (AvgIpc) is 2.77. The Morgan fingerprint density at radius 2 is 1.79 bits per heavy atom. The van der Waals surface area contributed by atoms with Crippen LogP contribution in [-0.2, 0) is 19.6 Å². The summed E-state index contributed by atoms with van der Waals surface area (Å²) in [5, 5.41) is 3.41. The summed E-state index contributed by atoms with van der Waals surface area (Å²) in [5.74, 6) is 0.942. The van der Waals surface area contributed by atoms with E-state index in [4.69, 9.17) is 4.42 Å². The second-order valence-corrected chi connectivity index (χ2v) is 5.60. The molecule has 0 radical (unpaired) electrons. The van der Waals surface area contributed by atoms with Gasteiger partial charge in [0, 0.05) is 13.1 Å². The molecule has 0 unspecified atom stereocenters. The monoisotopic (exact) mass is 322 g/mol. The lowest BCUT2D eigenvalue weighted by Crippen LogP contribution is -2.17. The molecule has 1 aromatic heterocycles. The van der Waals surface area contributed by atoms with Crippen LogP contribution in [0.15, 0.2) is 45.5 Å². The summed E-state index contributed by atoms with van der Waals surface area (Å²) in [5.41, 5.74) is 2.70. The van der Waals surface area contributed by atoms with Crippen LogP contribution in [0.5, 0.6) is 0 Å². The van der Waals surface area contributed by atoms with Crippen molar-refractivity contribution in [2.75, 3.05) is 14.1 Å². The SMILES string of the molecule is CN(C)Cc1ccccc1CNCc1ccc(Br)o1. The van der Waals surface area contributed by atoms with Crippen LogP contribution in [0.3, 0.4) is 0 Å². The molecule has 0 aliphatic heterocycles. The molecule has 0 saturated carbocycles. The maximum absolute atomic E-state index is 5.46. The van der Waals surface area contributed by atoms with E-state index in [1.165, 1.54) is 11.1 Å². The zero-order valence-electron chi connectivity index (χ0n) is 11.3. The van der Waals surface area contributed by atoms with E-state index < -0.39 is 0 Å². The van der Waals surface area contributed by atoms with E-state index in [1.807, 2.05) is 12.1 Å². The lowest BCUT2D eigenvalue weighted by atomic mass is 10.1. The van der Waals surface area contributed by atoms with Gasteiger partial charge in [-0.25, -0.2) is 0 Å². The number of benzene rings is 1. The summed E-state index contributed by atoms with van der Waals surface area (Å²) in [6.45, 7) is 2.55. The molecule has 19 heavy (non-hydrogen) atoms. The van der Waals surface area contributed by atoms with E-state index in [0.29, 0.717) is 0 Å². The highest BCUT2D eigenvalue weighted by atomic mass is 79.9. The van der Waals surface area contributed by atoms with Crippen LogP contribution in [0, 0.1) is 0 Å². The van der Waals surface area contributed by atoms with Crippen molar-refractivity contribution in [3.05, 3.63) is 58.0 Å². The molecule has 0 aliphatic carbocycles. The number of furan rings is 1. The highest BCUT2D eigenvalue weighted by molar-refractivity contribution is 9.10. The lowest BCUT2D eigenvalue weighted by Gasteiger charge is -2.14.